The van der Waals surface area contributed by atoms with Gasteiger partial charge in [-0.05, 0) is 33.4 Å². The molecule has 0 saturated heterocycles. The minimum Gasteiger partial charge on any atom is -0.374 e. The van der Waals surface area contributed by atoms with Crippen LogP contribution >= 0.6 is 0 Å². The largest absolute Gasteiger partial charge is 0.374 e. The third-order valence-electron chi connectivity index (χ3n) is 3.49. The van der Waals surface area contributed by atoms with Crippen LogP contribution in [0.3, 0.4) is 0 Å². The fourth-order valence-corrected chi connectivity index (χ4v) is 1.63. The monoisotopic (exact) mass is 290 g/mol. The van der Waals surface area contributed by atoms with Gasteiger partial charge in [0.05, 0.1) is 24.8 Å². The molecular formula is C17H26N2O2. The van der Waals surface area contributed by atoms with E-state index in [2.05, 4.69) is 17.2 Å². The van der Waals surface area contributed by atoms with Crippen LogP contribution in [0.4, 0.5) is 0 Å². The van der Waals surface area contributed by atoms with Crippen molar-refractivity contribution in [3.8, 4) is 0 Å². The molecule has 0 aromatic heterocycles. The smallest absolute Gasteiger partial charge is 0.240 e. The highest BCUT2D eigenvalue weighted by molar-refractivity contribution is 5.85. The summed E-state index contributed by atoms with van der Waals surface area (Å²) >= 11 is 0. The molecular weight excluding hydrogens is 264 g/mol. The fraction of sp³-hybridized carbons (Fsp3) is 0.471. The highest BCUT2D eigenvalue weighted by Gasteiger charge is 2.27. The molecule has 1 aromatic carbocycles. The van der Waals surface area contributed by atoms with Gasteiger partial charge >= 0.3 is 0 Å². The van der Waals surface area contributed by atoms with Crippen LogP contribution in [0.25, 0.3) is 0 Å². The van der Waals surface area contributed by atoms with Crippen LogP contribution in [0.5, 0.6) is 0 Å². The number of likely N-dealkylation sites (N-methyl/N-ethyl adjacent to an activating group) is 1. The van der Waals surface area contributed by atoms with E-state index in [0.29, 0.717) is 13.2 Å². The highest BCUT2D eigenvalue weighted by atomic mass is 16.5. The summed E-state index contributed by atoms with van der Waals surface area (Å²) in [7, 11) is 1.77. The maximum absolute atomic E-state index is 12.2. The van der Waals surface area contributed by atoms with Crippen molar-refractivity contribution in [1.29, 1.82) is 0 Å². The molecule has 1 unspecified atom stereocenters. The average Bonchev–Trinajstić information content (AvgIpc) is 2.46. The minimum absolute atomic E-state index is 0.0682. The van der Waals surface area contributed by atoms with Crippen molar-refractivity contribution >= 4 is 5.91 Å². The molecule has 0 heterocycles. The lowest BCUT2D eigenvalue weighted by atomic mass is 10.0. The van der Waals surface area contributed by atoms with Gasteiger partial charge in [-0.15, -0.1) is 0 Å². The number of benzene rings is 1. The standard InChI is InChI=1S/C17H26N2O2/c1-13(2)15(19-16(20)17(3,4)18-5)12-21-11-14-9-7-6-8-10-14/h6-10,15,18H,1,11-12H2,2-5H3,(H,19,20). The predicted octanol–water partition coefficient (Wildman–Crippen LogP) is 2.26. The summed E-state index contributed by atoms with van der Waals surface area (Å²) in [6.45, 7) is 10.4. The zero-order valence-corrected chi connectivity index (χ0v) is 13.4. The van der Waals surface area contributed by atoms with E-state index in [1.165, 1.54) is 0 Å². The third-order valence-corrected chi connectivity index (χ3v) is 3.49. The van der Waals surface area contributed by atoms with E-state index in [0.717, 1.165) is 11.1 Å². The molecule has 1 amide bonds. The molecule has 1 rings (SSSR count). The van der Waals surface area contributed by atoms with Crippen molar-refractivity contribution in [3.63, 3.8) is 0 Å². The first-order chi connectivity index (χ1) is 9.86. The summed E-state index contributed by atoms with van der Waals surface area (Å²) < 4.78 is 5.69. The Hall–Kier alpha value is -1.65. The van der Waals surface area contributed by atoms with Crippen LogP contribution in [-0.2, 0) is 16.1 Å². The minimum atomic E-state index is -0.618. The van der Waals surface area contributed by atoms with Crippen molar-refractivity contribution in [1.82, 2.24) is 10.6 Å². The second-order valence-electron chi connectivity index (χ2n) is 5.75. The van der Waals surface area contributed by atoms with Crippen LogP contribution in [0.2, 0.25) is 0 Å². The van der Waals surface area contributed by atoms with Crippen molar-refractivity contribution in [2.75, 3.05) is 13.7 Å². The van der Waals surface area contributed by atoms with Gasteiger partial charge in [-0.2, -0.15) is 0 Å². The van der Waals surface area contributed by atoms with E-state index in [4.69, 9.17) is 4.74 Å². The number of ether oxygens (including phenoxy) is 1. The van der Waals surface area contributed by atoms with E-state index in [9.17, 15) is 4.79 Å². The average molecular weight is 290 g/mol. The van der Waals surface area contributed by atoms with Gasteiger partial charge < -0.3 is 15.4 Å². The van der Waals surface area contributed by atoms with Crippen LogP contribution in [0.1, 0.15) is 26.3 Å². The van der Waals surface area contributed by atoms with Gasteiger partial charge in [0.25, 0.3) is 0 Å². The summed E-state index contributed by atoms with van der Waals surface area (Å²) in [6.07, 6.45) is 0. The molecule has 0 fully saturated rings. The molecule has 4 nitrogen and oxygen atoms in total. The van der Waals surface area contributed by atoms with Gasteiger partial charge in [-0.1, -0.05) is 42.5 Å². The molecule has 21 heavy (non-hydrogen) atoms. The lowest BCUT2D eigenvalue weighted by molar-refractivity contribution is -0.127. The molecule has 0 aliphatic rings. The molecule has 0 saturated carbocycles. The Morgan fingerprint density at radius 3 is 2.48 bits per heavy atom. The maximum atomic E-state index is 12.2. The summed E-state index contributed by atoms with van der Waals surface area (Å²) in [5, 5.41) is 5.95. The lowest BCUT2D eigenvalue weighted by Gasteiger charge is -2.27. The number of hydrogen-bond donors (Lipinski definition) is 2. The number of rotatable bonds is 8. The Labute approximate surface area is 127 Å². The Kier molecular flexibility index (Phi) is 6.59. The Balaban J connectivity index is 2.51. The summed E-state index contributed by atoms with van der Waals surface area (Å²) in [4.78, 5) is 12.2. The van der Waals surface area contributed by atoms with Gasteiger partial charge in [0.15, 0.2) is 0 Å². The summed E-state index contributed by atoms with van der Waals surface area (Å²) in [6, 6.07) is 9.77. The first-order valence-corrected chi connectivity index (χ1v) is 7.13. The van der Waals surface area contributed by atoms with E-state index in [1.807, 2.05) is 51.1 Å². The van der Waals surface area contributed by atoms with Crippen LogP contribution in [-0.4, -0.2) is 31.1 Å². The number of amides is 1. The first kappa shape index (κ1) is 17.4. The second-order valence-corrected chi connectivity index (χ2v) is 5.75. The molecule has 116 valence electrons. The molecule has 1 aromatic rings. The molecule has 0 spiro atoms. The SMILES string of the molecule is C=C(C)C(COCc1ccccc1)NC(=O)C(C)(C)NC. The summed E-state index contributed by atoms with van der Waals surface area (Å²) in [5.74, 6) is -0.0682. The number of carbonyl (C=O) groups excluding carboxylic acids is 1. The van der Waals surface area contributed by atoms with Gasteiger partial charge in [-0.3, -0.25) is 4.79 Å². The zero-order valence-electron chi connectivity index (χ0n) is 13.4. The zero-order chi connectivity index (χ0) is 15.9. The van der Waals surface area contributed by atoms with Crippen molar-refractivity contribution in [3.05, 3.63) is 48.0 Å². The van der Waals surface area contributed by atoms with Gasteiger partial charge in [-0.25, -0.2) is 0 Å². The van der Waals surface area contributed by atoms with Crippen molar-refractivity contribution < 1.29 is 9.53 Å². The Morgan fingerprint density at radius 2 is 1.95 bits per heavy atom. The number of carbonyl (C=O) groups is 1. The van der Waals surface area contributed by atoms with Gasteiger partial charge in [0.2, 0.25) is 5.91 Å². The maximum Gasteiger partial charge on any atom is 0.240 e. The van der Waals surface area contributed by atoms with Crippen LogP contribution in [0.15, 0.2) is 42.5 Å². The number of hydrogen-bond acceptors (Lipinski definition) is 3. The van der Waals surface area contributed by atoms with Crippen molar-refractivity contribution in [2.24, 2.45) is 0 Å². The molecule has 0 aliphatic carbocycles. The molecule has 2 N–H and O–H groups in total. The van der Waals surface area contributed by atoms with Gasteiger partial charge in [0, 0.05) is 0 Å². The summed E-state index contributed by atoms with van der Waals surface area (Å²) in [5.41, 5.74) is 1.37. The molecule has 0 aliphatic heterocycles. The van der Waals surface area contributed by atoms with Crippen LogP contribution < -0.4 is 10.6 Å². The third kappa shape index (κ3) is 5.69. The number of nitrogens with one attached hydrogen (secondary N) is 2. The van der Waals surface area contributed by atoms with E-state index in [1.54, 1.807) is 7.05 Å². The van der Waals surface area contributed by atoms with E-state index >= 15 is 0 Å². The Morgan fingerprint density at radius 1 is 1.33 bits per heavy atom. The topological polar surface area (TPSA) is 50.4 Å². The molecule has 4 heteroatoms. The van der Waals surface area contributed by atoms with E-state index in [-0.39, 0.29) is 11.9 Å². The van der Waals surface area contributed by atoms with E-state index < -0.39 is 5.54 Å². The quantitative estimate of drug-likeness (QED) is 0.722. The normalized spacial score (nSPS) is 12.8. The first-order valence-electron chi connectivity index (χ1n) is 7.13. The molecule has 0 bridgehead atoms. The predicted molar refractivity (Wildman–Crippen MR) is 86.0 cm³/mol. The second kappa shape index (κ2) is 7.96. The Bertz CT molecular complexity index is 469. The molecule has 1 atom stereocenters. The van der Waals surface area contributed by atoms with Gasteiger partial charge in [0.1, 0.15) is 0 Å². The van der Waals surface area contributed by atoms with Crippen molar-refractivity contribution in [2.45, 2.75) is 39.0 Å². The fourth-order valence-electron chi connectivity index (χ4n) is 1.63. The highest BCUT2D eigenvalue weighted by Crippen LogP contribution is 2.07. The molecule has 0 radical (unpaired) electrons. The van der Waals surface area contributed by atoms with Crippen LogP contribution in [0, 0.1) is 0 Å². The lowest BCUT2D eigenvalue weighted by Crippen LogP contribution is -2.54.